The number of carbonyl (C=O) groups excluding carboxylic acids is 1. The summed E-state index contributed by atoms with van der Waals surface area (Å²) in [6.07, 6.45) is 8.68. The first-order valence-electron chi connectivity index (χ1n) is 8.29. The Morgan fingerprint density at radius 1 is 1.15 bits per heavy atom. The second kappa shape index (κ2) is 5.64. The fourth-order valence-corrected chi connectivity index (χ4v) is 3.99. The van der Waals surface area contributed by atoms with Crippen LogP contribution in [0.4, 0.5) is 0 Å². The topological polar surface area (TPSA) is 60.8 Å². The fraction of sp³-hybridized carbons (Fsp3) is 0.938. The number of aliphatic hydroxyl groups excluding tert-OH is 1. The monoisotopic (exact) mass is 281 g/mol. The molecule has 3 aliphatic rings. The lowest BCUT2D eigenvalue weighted by atomic mass is 9.86. The Kier molecular flexibility index (Phi) is 4.04. The van der Waals surface area contributed by atoms with Gasteiger partial charge in [0.1, 0.15) is 6.10 Å². The van der Waals surface area contributed by atoms with Crippen LogP contribution in [0.1, 0.15) is 57.8 Å². The van der Waals surface area contributed by atoms with Crippen LogP contribution in [-0.4, -0.2) is 45.8 Å². The molecule has 3 atom stereocenters. The summed E-state index contributed by atoms with van der Waals surface area (Å²) in [5, 5.41) is 20.4. The summed E-state index contributed by atoms with van der Waals surface area (Å²) in [5.41, 5.74) is -0.484. The van der Waals surface area contributed by atoms with Gasteiger partial charge in [0.15, 0.2) is 0 Å². The van der Waals surface area contributed by atoms with Crippen molar-refractivity contribution >= 4 is 5.91 Å². The summed E-state index contributed by atoms with van der Waals surface area (Å²) in [4.78, 5) is 14.2. The van der Waals surface area contributed by atoms with Gasteiger partial charge in [-0.1, -0.05) is 32.1 Å². The number of piperidine rings is 1. The third kappa shape index (κ3) is 2.86. The highest BCUT2D eigenvalue weighted by molar-refractivity contribution is 5.81. The van der Waals surface area contributed by atoms with Gasteiger partial charge in [0, 0.05) is 19.0 Å². The van der Waals surface area contributed by atoms with Crippen LogP contribution in [0.3, 0.4) is 0 Å². The Morgan fingerprint density at radius 2 is 1.80 bits per heavy atom. The van der Waals surface area contributed by atoms with Crippen LogP contribution < -0.4 is 0 Å². The van der Waals surface area contributed by atoms with Gasteiger partial charge in [-0.05, 0) is 31.6 Å². The van der Waals surface area contributed by atoms with E-state index in [-0.39, 0.29) is 17.7 Å². The third-order valence-corrected chi connectivity index (χ3v) is 5.62. The van der Waals surface area contributed by atoms with Gasteiger partial charge in [-0.3, -0.25) is 4.79 Å². The van der Waals surface area contributed by atoms with Crippen molar-refractivity contribution in [2.75, 3.05) is 13.1 Å². The summed E-state index contributed by atoms with van der Waals surface area (Å²) in [7, 11) is 0. The van der Waals surface area contributed by atoms with E-state index in [1.165, 1.54) is 19.3 Å². The van der Waals surface area contributed by atoms with Crippen LogP contribution >= 0.6 is 0 Å². The molecule has 1 aliphatic heterocycles. The summed E-state index contributed by atoms with van der Waals surface area (Å²) in [6.45, 7) is 1.24. The van der Waals surface area contributed by atoms with Crippen molar-refractivity contribution in [2.45, 2.75) is 69.5 Å². The molecule has 2 N–H and O–H groups in total. The van der Waals surface area contributed by atoms with Crippen LogP contribution in [0, 0.1) is 11.8 Å². The van der Waals surface area contributed by atoms with E-state index in [0.717, 1.165) is 32.1 Å². The predicted octanol–water partition coefficient (Wildman–Crippen LogP) is 1.69. The molecule has 0 bridgehead atoms. The van der Waals surface area contributed by atoms with Crippen LogP contribution in [0.2, 0.25) is 0 Å². The van der Waals surface area contributed by atoms with Gasteiger partial charge in [-0.25, -0.2) is 0 Å². The van der Waals surface area contributed by atoms with Crippen LogP contribution in [0.15, 0.2) is 0 Å². The minimum absolute atomic E-state index is 0.0930. The van der Waals surface area contributed by atoms with Gasteiger partial charge >= 0.3 is 0 Å². The van der Waals surface area contributed by atoms with Crippen molar-refractivity contribution in [1.29, 1.82) is 0 Å². The Bertz CT molecular complexity index is 365. The molecule has 0 spiro atoms. The number of hydrogen-bond donors (Lipinski definition) is 2. The molecule has 0 aromatic carbocycles. The van der Waals surface area contributed by atoms with Crippen molar-refractivity contribution in [3.05, 3.63) is 0 Å². The summed E-state index contributed by atoms with van der Waals surface area (Å²) in [5.74, 6) is 0.303. The molecular weight excluding hydrogens is 254 g/mol. The van der Waals surface area contributed by atoms with E-state index in [0.29, 0.717) is 19.5 Å². The van der Waals surface area contributed by atoms with Crippen LogP contribution in [-0.2, 0) is 4.79 Å². The predicted molar refractivity (Wildman–Crippen MR) is 76.1 cm³/mol. The summed E-state index contributed by atoms with van der Waals surface area (Å²) < 4.78 is 0. The smallest absolute Gasteiger partial charge is 0.251 e. The van der Waals surface area contributed by atoms with Gasteiger partial charge in [0.2, 0.25) is 0 Å². The standard InChI is InChI=1S/C16H27NO3/c18-14(12-6-4-2-1-3-5-7-12)15(19)17-9-8-16(20)10-13(16)11-17/h12-14,18,20H,1-11H2/t13-,14?,16+/m0/s1. The molecule has 1 heterocycles. The van der Waals surface area contributed by atoms with E-state index >= 15 is 0 Å². The molecule has 2 saturated carbocycles. The van der Waals surface area contributed by atoms with Crippen molar-refractivity contribution in [3.63, 3.8) is 0 Å². The first-order chi connectivity index (χ1) is 9.60. The molecule has 2 aliphatic carbocycles. The van der Waals surface area contributed by atoms with Gasteiger partial charge < -0.3 is 15.1 Å². The summed E-state index contributed by atoms with van der Waals surface area (Å²) in [6, 6.07) is 0. The van der Waals surface area contributed by atoms with Crippen molar-refractivity contribution in [3.8, 4) is 0 Å². The minimum atomic E-state index is -0.821. The molecule has 3 rings (SSSR count). The molecule has 20 heavy (non-hydrogen) atoms. The Morgan fingerprint density at radius 3 is 2.45 bits per heavy atom. The normalized spacial score (nSPS) is 36.7. The molecule has 4 nitrogen and oxygen atoms in total. The van der Waals surface area contributed by atoms with E-state index in [9.17, 15) is 15.0 Å². The SMILES string of the molecule is O=C(C(O)C1CCCCCCC1)N1CC[C@@]2(O)C[C@H]2C1. The highest BCUT2D eigenvalue weighted by Gasteiger charge is 2.56. The lowest BCUT2D eigenvalue weighted by molar-refractivity contribution is -0.145. The second-order valence-electron chi connectivity index (χ2n) is 7.09. The number of hydrogen-bond acceptors (Lipinski definition) is 3. The molecule has 3 fully saturated rings. The maximum absolute atomic E-state index is 12.5. The highest BCUT2D eigenvalue weighted by atomic mass is 16.3. The molecule has 0 radical (unpaired) electrons. The zero-order valence-electron chi connectivity index (χ0n) is 12.3. The summed E-state index contributed by atoms with van der Waals surface area (Å²) >= 11 is 0. The van der Waals surface area contributed by atoms with E-state index in [1.54, 1.807) is 4.90 Å². The number of likely N-dealkylation sites (tertiary alicyclic amines) is 1. The van der Waals surface area contributed by atoms with Crippen molar-refractivity contribution < 1.29 is 15.0 Å². The van der Waals surface area contributed by atoms with Crippen molar-refractivity contribution in [2.24, 2.45) is 11.8 Å². The van der Waals surface area contributed by atoms with Gasteiger partial charge in [0.05, 0.1) is 5.60 Å². The number of nitrogens with zero attached hydrogens (tertiary/aromatic N) is 1. The molecule has 114 valence electrons. The van der Waals surface area contributed by atoms with E-state index < -0.39 is 11.7 Å². The average Bonchev–Trinajstić information content (AvgIpc) is 3.07. The number of rotatable bonds is 2. The molecule has 1 amide bonds. The first-order valence-corrected chi connectivity index (χ1v) is 8.29. The van der Waals surface area contributed by atoms with Crippen molar-refractivity contribution in [1.82, 2.24) is 4.90 Å². The van der Waals surface area contributed by atoms with E-state index in [2.05, 4.69) is 0 Å². The molecule has 4 heteroatoms. The minimum Gasteiger partial charge on any atom is -0.389 e. The van der Waals surface area contributed by atoms with E-state index in [4.69, 9.17) is 0 Å². The Balaban J connectivity index is 1.55. The van der Waals surface area contributed by atoms with E-state index in [1.807, 2.05) is 0 Å². The maximum Gasteiger partial charge on any atom is 0.251 e. The quantitative estimate of drug-likeness (QED) is 0.810. The lowest BCUT2D eigenvalue weighted by Crippen LogP contribution is -2.47. The lowest BCUT2D eigenvalue weighted by Gasteiger charge is -2.33. The number of fused-ring (bicyclic) bond motifs is 1. The van der Waals surface area contributed by atoms with Crippen LogP contribution in [0.5, 0.6) is 0 Å². The highest BCUT2D eigenvalue weighted by Crippen LogP contribution is 2.49. The van der Waals surface area contributed by atoms with Gasteiger partial charge in [0.25, 0.3) is 5.91 Å². The molecule has 1 unspecified atom stereocenters. The zero-order valence-corrected chi connectivity index (χ0v) is 12.3. The average molecular weight is 281 g/mol. The second-order valence-corrected chi connectivity index (χ2v) is 7.09. The van der Waals surface area contributed by atoms with Gasteiger partial charge in [-0.2, -0.15) is 0 Å². The Hall–Kier alpha value is -0.610. The molecule has 0 aromatic heterocycles. The molecule has 1 saturated heterocycles. The number of aliphatic hydroxyl groups is 2. The zero-order chi connectivity index (χ0) is 14.2. The first kappa shape index (κ1) is 14.3. The van der Waals surface area contributed by atoms with Gasteiger partial charge in [-0.15, -0.1) is 0 Å². The maximum atomic E-state index is 12.5. The largest absolute Gasteiger partial charge is 0.389 e. The molecular formula is C16H27NO3. The number of amides is 1. The Labute approximate surface area is 121 Å². The number of carbonyl (C=O) groups is 1. The van der Waals surface area contributed by atoms with Crippen LogP contribution in [0.25, 0.3) is 0 Å². The fourth-order valence-electron chi connectivity index (χ4n) is 3.99. The molecule has 0 aromatic rings. The third-order valence-electron chi connectivity index (χ3n) is 5.62.